The standard InChI is InChI=1S/C22H20Cl2FN3O5/c1-30-12-6-5-11(15(9-12)31-2)10-26-21-16(24)18(22(29)33-4)27-20(28-21)13-7-8-14(23)19(32-3)17(13)25/h5-9H,10H2,1-4H3,(H,26,27,28). The highest BCUT2D eigenvalue weighted by atomic mass is 35.5. The SMILES string of the molecule is COC(=O)c1nc(-c2ccc(Cl)c(OC)c2F)nc(NCc2ccc(OC)cc2OC)c1Cl. The van der Waals surface area contributed by atoms with Gasteiger partial charge in [0, 0.05) is 18.2 Å². The van der Waals surface area contributed by atoms with Crippen molar-refractivity contribution < 1.29 is 28.1 Å². The van der Waals surface area contributed by atoms with Crippen molar-refractivity contribution in [2.75, 3.05) is 33.8 Å². The Bertz CT molecular complexity index is 1190. The predicted octanol–water partition coefficient (Wildman–Crippen LogP) is 5.01. The summed E-state index contributed by atoms with van der Waals surface area (Å²) in [5.74, 6) is -0.609. The van der Waals surface area contributed by atoms with Gasteiger partial charge in [-0.1, -0.05) is 23.2 Å². The topological polar surface area (TPSA) is 91.8 Å². The summed E-state index contributed by atoms with van der Waals surface area (Å²) >= 11 is 12.4. The van der Waals surface area contributed by atoms with Gasteiger partial charge in [-0.3, -0.25) is 0 Å². The lowest BCUT2D eigenvalue weighted by Crippen LogP contribution is -2.12. The zero-order valence-electron chi connectivity index (χ0n) is 18.2. The Balaban J connectivity index is 2.07. The van der Waals surface area contributed by atoms with Crippen molar-refractivity contribution in [3.05, 3.63) is 57.5 Å². The summed E-state index contributed by atoms with van der Waals surface area (Å²) in [6.07, 6.45) is 0. The molecule has 0 bridgehead atoms. The molecule has 8 nitrogen and oxygen atoms in total. The largest absolute Gasteiger partial charge is 0.497 e. The number of methoxy groups -OCH3 is 4. The Labute approximate surface area is 199 Å². The molecule has 0 fully saturated rings. The third kappa shape index (κ3) is 5.04. The number of nitrogens with one attached hydrogen (secondary N) is 1. The average molecular weight is 496 g/mol. The van der Waals surface area contributed by atoms with E-state index in [-0.39, 0.29) is 45.2 Å². The first-order valence-electron chi connectivity index (χ1n) is 9.47. The Morgan fingerprint density at radius 3 is 2.42 bits per heavy atom. The lowest BCUT2D eigenvalue weighted by Gasteiger charge is -2.15. The molecular weight excluding hydrogens is 476 g/mol. The zero-order chi connectivity index (χ0) is 24.1. The fourth-order valence-electron chi connectivity index (χ4n) is 2.99. The summed E-state index contributed by atoms with van der Waals surface area (Å²) in [5, 5.41) is 3.03. The third-order valence-corrected chi connectivity index (χ3v) is 5.32. The minimum Gasteiger partial charge on any atom is -0.497 e. The molecule has 0 radical (unpaired) electrons. The third-order valence-electron chi connectivity index (χ3n) is 4.66. The van der Waals surface area contributed by atoms with E-state index < -0.39 is 11.8 Å². The van der Waals surface area contributed by atoms with Crippen molar-refractivity contribution in [3.63, 3.8) is 0 Å². The fraction of sp³-hybridized carbons (Fsp3) is 0.227. The Hall–Kier alpha value is -3.30. The van der Waals surface area contributed by atoms with Crippen LogP contribution in [0, 0.1) is 5.82 Å². The molecule has 2 aromatic carbocycles. The molecule has 0 saturated carbocycles. The second-order valence-electron chi connectivity index (χ2n) is 6.52. The number of carbonyl (C=O) groups excluding carboxylic acids is 1. The van der Waals surface area contributed by atoms with Crippen molar-refractivity contribution in [2.45, 2.75) is 6.54 Å². The second-order valence-corrected chi connectivity index (χ2v) is 7.31. The summed E-state index contributed by atoms with van der Waals surface area (Å²) in [7, 11) is 5.54. The molecule has 0 unspecified atom stereocenters. The lowest BCUT2D eigenvalue weighted by molar-refractivity contribution is 0.0594. The van der Waals surface area contributed by atoms with Crippen LogP contribution in [0.3, 0.4) is 0 Å². The van der Waals surface area contributed by atoms with E-state index in [9.17, 15) is 9.18 Å². The molecule has 3 rings (SSSR count). The number of hydrogen-bond donors (Lipinski definition) is 1. The van der Waals surface area contributed by atoms with Crippen molar-refractivity contribution in [1.82, 2.24) is 9.97 Å². The quantitative estimate of drug-likeness (QED) is 0.435. The molecule has 0 aliphatic rings. The highest BCUT2D eigenvalue weighted by molar-refractivity contribution is 6.35. The Morgan fingerprint density at radius 2 is 1.79 bits per heavy atom. The number of carbonyl (C=O) groups is 1. The van der Waals surface area contributed by atoms with Gasteiger partial charge in [0.1, 0.15) is 22.3 Å². The van der Waals surface area contributed by atoms with Gasteiger partial charge in [-0.25, -0.2) is 19.2 Å². The van der Waals surface area contributed by atoms with Crippen LogP contribution < -0.4 is 19.5 Å². The molecule has 0 atom stereocenters. The van der Waals surface area contributed by atoms with E-state index in [2.05, 4.69) is 15.3 Å². The summed E-state index contributed by atoms with van der Waals surface area (Å²) in [6.45, 7) is 0.219. The smallest absolute Gasteiger partial charge is 0.358 e. The summed E-state index contributed by atoms with van der Waals surface area (Å²) in [5.41, 5.74) is 0.485. The normalized spacial score (nSPS) is 10.5. The number of aromatic nitrogens is 2. The Morgan fingerprint density at radius 1 is 1.03 bits per heavy atom. The Kier molecular flexibility index (Phi) is 7.78. The fourth-order valence-corrected chi connectivity index (χ4v) is 3.44. The molecule has 3 aromatic rings. The van der Waals surface area contributed by atoms with E-state index in [1.54, 1.807) is 25.3 Å². The number of hydrogen-bond acceptors (Lipinski definition) is 8. The van der Waals surface area contributed by atoms with Gasteiger partial charge < -0.3 is 24.3 Å². The molecule has 11 heteroatoms. The first-order valence-corrected chi connectivity index (χ1v) is 10.2. The molecule has 0 saturated heterocycles. The maximum Gasteiger partial charge on any atom is 0.358 e. The predicted molar refractivity (Wildman–Crippen MR) is 122 cm³/mol. The number of ether oxygens (including phenoxy) is 4. The second kappa shape index (κ2) is 10.5. The summed E-state index contributed by atoms with van der Waals surface area (Å²) in [4.78, 5) is 20.7. The van der Waals surface area contributed by atoms with Gasteiger partial charge in [0.15, 0.2) is 23.1 Å². The van der Waals surface area contributed by atoms with Crippen LogP contribution in [0.5, 0.6) is 17.2 Å². The van der Waals surface area contributed by atoms with E-state index >= 15 is 0 Å². The van der Waals surface area contributed by atoms with Crippen LogP contribution in [0.2, 0.25) is 10.0 Å². The lowest BCUT2D eigenvalue weighted by atomic mass is 10.1. The molecule has 1 heterocycles. The molecule has 0 spiro atoms. The molecule has 174 valence electrons. The van der Waals surface area contributed by atoms with Crippen LogP contribution in [0.1, 0.15) is 16.1 Å². The van der Waals surface area contributed by atoms with Crippen LogP contribution >= 0.6 is 23.2 Å². The van der Waals surface area contributed by atoms with Gasteiger partial charge in [-0.2, -0.15) is 0 Å². The zero-order valence-corrected chi connectivity index (χ0v) is 19.7. The summed E-state index contributed by atoms with van der Waals surface area (Å²) < 4.78 is 35.4. The van der Waals surface area contributed by atoms with Gasteiger partial charge in [0.2, 0.25) is 0 Å². The first kappa shape index (κ1) is 24.3. The minimum absolute atomic E-state index is 0.0388. The van der Waals surface area contributed by atoms with Crippen LogP contribution in [0.15, 0.2) is 30.3 Å². The van der Waals surface area contributed by atoms with E-state index in [1.165, 1.54) is 33.5 Å². The number of rotatable bonds is 8. The minimum atomic E-state index is -0.810. The highest BCUT2D eigenvalue weighted by Gasteiger charge is 2.23. The number of esters is 1. The van der Waals surface area contributed by atoms with E-state index in [0.29, 0.717) is 11.5 Å². The molecule has 33 heavy (non-hydrogen) atoms. The first-order chi connectivity index (χ1) is 15.8. The van der Waals surface area contributed by atoms with Gasteiger partial charge in [-0.15, -0.1) is 0 Å². The van der Waals surface area contributed by atoms with E-state index in [1.807, 2.05) is 0 Å². The van der Waals surface area contributed by atoms with Crippen molar-refractivity contribution in [1.29, 1.82) is 0 Å². The maximum atomic E-state index is 15.0. The van der Waals surface area contributed by atoms with Gasteiger partial charge in [0.25, 0.3) is 0 Å². The number of nitrogens with zero attached hydrogens (tertiary/aromatic N) is 2. The monoisotopic (exact) mass is 495 g/mol. The number of halogens is 3. The molecule has 1 aromatic heterocycles. The van der Waals surface area contributed by atoms with Crippen LogP contribution in [0.4, 0.5) is 10.2 Å². The van der Waals surface area contributed by atoms with Crippen LogP contribution in [-0.2, 0) is 11.3 Å². The van der Waals surface area contributed by atoms with Crippen molar-refractivity contribution >= 4 is 35.0 Å². The molecular formula is C22H20Cl2FN3O5. The number of benzene rings is 2. The molecule has 0 aliphatic carbocycles. The van der Waals surface area contributed by atoms with E-state index in [0.717, 1.165) is 5.56 Å². The van der Waals surface area contributed by atoms with Crippen LogP contribution in [0.25, 0.3) is 11.4 Å². The van der Waals surface area contributed by atoms with Crippen LogP contribution in [-0.4, -0.2) is 44.4 Å². The van der Waals surface area contributed by atoms with Crippen molar-refractivity contribution in [2.24, 2.45) is 0 Å². The molecule has 0 aliphatic heterocycles. The van der Waals surface area contributed by atoms with Crippen molar-refractivity contribution in [3.8, 4) is 28.6 Å². The average Bonchev–Trinajstić information content (AvgIpc) is 2.83. The highest BCUT2D eigenvalue weighted by Crippen LogP contribution is 2.36. The van der Waals surface area contributed by atoms with Gasteiger partial charge in [0.05, 0.1) is 39.0 Å². The maximum absolute atomic E-state index is 15.0. The molecule has 0 amide bonds. The van der Waals surface area contributed by atoms with Gasteiger partial charge in [-0.05, 0) is 24.3 Å². The molecule has 1 N–H and O–H groups in total. The van der Waals surface area contributed by atoms with E-state index in [4.69, 9.17) is 42.1 Å². The summed E-state index contributed by atoms with van der Waals surface area (Å²) in [6, 6.07) is 8.09. The number of anilines is 1. The van der Waals surface area contributed by atoms with Gasteiger partial charge >= 0.3 is 5.97 Å².